The molecule has 1 saturated carbocycles. The Bertz CT molecular complexity index is 700. The molecule has 0 aromatic heterocycles. The summed E-state index contributed by atoms with van der Waals surface area (Å²) in [6, 6.07) is 12.7. The van der Waals surface area contributed by atoms with Crippen LogP contribution in [-0.4, -0.2) is 12.4 Å². The molecule has 28 heavy (non-hydrogen) atoms. The summed E-state index contributed by atoms with van der Waals surface area (Å²) >= 11 is 0. The molecule has 3 rings (SSSR count). The van der Waals surface area contributed by atoms with Crippen LogP contribution in [0.1, 0.15) is 41.5 Å². The van der Waals surface area contributed by atoms with Gasteiger partial charge in [0.15, 0.2) is 0 Å². The fourth-order valence-electron chi connectivity index (χ4n) is 3.75. The fourth-order valence-corrected chi connectivity index (χ4v) is 3.75. The zero-order valence-electron chi connectivity index (χ0n) is 18.1. The van der Waals surface area contributed by atoms with Gasteiger partial charge in [0.05, 0.1) is 11.4 Å². The maximum absolute atomic E-state index is 4.84. The molecule has 2 aromatic rings. The average Bonchev–Trinajstić information content (AvgIpc) is 3.01. The van der Waals surface area contributed by atoms with Crippen LogP contribution in [-0.2, 0) is 16.5 Å². The summed E-state index contributed by atoms with van der Waals surface area (Å²) in [5.74, 6) is 0.985. The number of para-hydroxylation sites is 2. The minimum atomic E-state index is 0. The molecule has 2 atom stereocenters. The molecule has 1 aliphatic carbocycles. The molecule has 2 unspecified atom stereocenters. The van der Waals surface area contributed by atoms with Crippen molar-refractivity contribution in [3.63, 3.8) is 0 Å². The number of hydrogen-bond acceptors (Lipinski definition) is 2. The van der Waals surface area contributed by atoms with Crippen molar-refractivity contribution in [2.45, 2.75) is 47.0 Å². The molecule has 3 heteroatoms. The maximum atomic E-state index is 4.84. The Labute approximate surface area is 182 Å². The molecule has 2 aromatic carbocycles. The summed E-state index contributed by atoms with van der Waals surface area (Å²) in [7, 11) is 0. The molecule has 0 N–H and O–H groups in total. The van der Waals surface area contributed by atoms with Gasteiger partial charge in [-0.25, -0.2) is 0 Å². The number of benzene rings is 2. The van der Waals surface area contributed by atoms with Crippen molar-refractivity contribution >= 4 is 23.8 Å². The minimum absolute atomic E-state index is 0. The first-order valence-corrected chi connectivity index (χ1v) is 9.27. The van der Waals surface area contributed by atoms with E-state index in [1.165, 1.54) is 41.5 Å². The van der Waals surface area contributed by atoms with Gasteiger partial charge in [-0.15, -0.1) is 0 Å². The first-order chi connectivity index (χ1) is 12.1. The Balaban J connectivity index is 0.00000243. The van der Waals surface area contributed by atoms with E-state index in [1.807, 2.05) is 0 Å². The van der Waals surface area contributed by atoms with E-state index >= 15 is 0 Å². The van der Waals surface area contributed by atoms with Crippen LogP contribution in [0.4, 0.5) is 11.4 Å². The first-order valence-electron chi connectivity index (χ1n) is 9.27. The molecule has 0 radical (unpaired) electrons. The number of aliphatic imine (C=N–C) groups is 2. The molecule has 1 aliphatic rings. The van der Waals surface area contributed by atoms with Gasteiger partial charge >= 0.3 is 16.5 Å². The van der Waals surface area contributed by atoms with E-state index in [-0.39, 0.29) is 31.3 Å². The Morgan fingerprint density at radius 1 is 0.679 bits per heavy atom. The topological polar surface area (TPSA) is 24.7 Å². The SMILES string of the molecule is Cc1cccc(C)c1N=CC1CCCC1C=Nc1c(C)cccc1C.[CH3-].[CH3-].[Ni+2]. The maximum Gasteiger partial charge on any atom is 2.00 e. The minimum Gasteiger partial charge on any atom is -0.358 e. The van der Waals surface area contributed by atoms with E-state index in [0.29, 0.717) is 11.8 Å². The second-order valence-electron chi connectivity index (χ2n) is 7.30. The zero-order chi connectivity index (χ0) is 17.8. The predicted octanol–water partition coefficient (Wildman–Crippen LogP) is 7.34. The van der Waals surface area contributed by atoms with Crippen molar-refractivity contribution < 1.29 is 16.5 Å². The normalized spacial score (nSPS) is 18.6. The quantitative estimate of drug-likeness (QED) is 0.280. The second-order valence-corrected chi connectivity index (χ2v) is 7.30. The summed E-state index contributed by atoms with van der Waals surface area (Å²) in [4.78, 5) is 9.68. The molecule has 0 saturated heterocycles. The third kappa shape index (κ3) is 6.14. The number of rotatable bonds is 4. The van der Waals surface area contributed by atoms with Crippen LogP contribution >= 0.6 is 0 Å². The summed E-state index contributed by atoms with van der Waals surface area (Å²) in [6.07, 6.45) is 8.01. The van der Waals surface area contributed by atoms with E-state index < -0.39 is 0 Å². The predicted molar refractivity (Wildman–Crippen MR) is 122 cm³/mol. The molecular formula is C25H34N2Ni. The van der Waals surface area contributed by atoms with Gasteiger partial charge in [-0.2, -0.15) is 0 Å². The van der Waals surface area contributed by atoms with Crippen molar-refractivity contribution in [2.75, 3.05) is 0 Å². The van der Waals surface area contributed by atoms with Crippen molar-refractivity contribution in [1.82, 2.24) is 0 Å². The number of aryl methyl sites for hydroxylation is 4. The largest absolute Gasteiger partial charge is 2.00 e. The summed E-state index contributed by atoms with van der Waals surface area (Å²) < 4.78 is 0. The van der Waals surface area contributed by atoms with Crippen molar-refractivity contribution in [1.29, 1.82) is 0 Å². The molecule has 0 spiro atoms. The van der Waals surface area contributed by atoms with Crippen LogP contribution in [0.3, 0.4) is 0 Å². The van der Waals surface area contributed by atoms with E-state index in [0.717, 1.165) is 11.4 Å². The van der Waals surface area contributed by atoms with Crippen LogP contribution in [0.5, 0.6) is 0 Å². The van der Waals surface area contributed by atoms with Crippen LogP contribution in [0.15, 0.2) is 46.4 Å². The average molecular weight is 421 g/mol. The van der Waals surface area contributed by atoms with E-state index in [9.17, 15) is 0 Å². The van der Waals surface area contributed by atoms with Gasteiger partial charge in [-0.05, 0) is 62.8 Å². The molecule has 0 bridgehead atoms. The van der Waals surface area contributed by atoms with Crippen molar-refractivity contribution in [3.05, 3.63) is 73.5 Å². The second kappa shape index (κ2) is 12.0. The van der Waals surface area contributed by atoms with E-state index in [1.54, 1.807) is 0 Å². The number of nitrogens with zero attached hydrogens (tertiary/aromatic N) is 2. The van der Waals surface area contributed by atoms with Gasteiger partial charge < -0.3 is 14.9 Å². The molecule has 0 heterocycles. The van der Waals surface area contributed by atoms with Gasteiger partial charge in [-0.3, -0.25) is 9.98 Å². The molecule has 0 aliphatic heterocycles. The summed E-state index contributed by atoms with van der Waals surface area (Å²) in [6.45, 7) is 8.53. The Morgan fingerprint density at radius 2 is 1.00 bits per heavy atom. The van der Waals surface area contributed by atoms with E-state index in [4.69, 9.17) is 9.98 Å². The van der Waals surface area contributed by atoms with Gasteiger partial charge in [0.1, 0.15) is 0 Å². The van der Waals surface area contributed by atoms with Crippen LogP contribution in [0.25, 0.3) is 0 Å². The Morgan fingerprint density at radius 3 is 1.32 bits per heavy atom. The van der Waals surface area contributed by atoms with Gasteiger partial charge in [0, 0.05) is 24.3 Å². The monoisotopic (exact) mass is 420 g/mol. The van der Waals surface area contributed by atoms with Crippen LogP contribution in [0, 0.1) is 54.4 Å². The van der Waals surface area contributed by atoms with Crippen molar-refractivity contribution in [2.24, 2.45) is 21.8 Å². The molecule has 2 nitrogen and oxygen atoms in total. The first kappa shape index (κ1) is 26.3. The van der Waals surface area contributed by atoms with Gasteiger partial charge in [0.2, 0.25) is 0 Å². The molecule has 1 fully saturated rings. The standard InChI is InChI=1S/C23H28N2.2CH3.Ni/c1-16-8-5-9-17(2)22(16)24-14-20-12-7-13-21(20)15-25-23-18(3)10-6-11-19(23)4;;;/h5-6,8-11,14-15,20-21H,7,12-13H2,1-4H3;2*1H3;/q;2*-1;+2. The number of hydrogen-bond donors (Lipinski definition) is 0. The third-order valence-electron chi connectivity index (χ3n) is 5.29. The Kier molecular flexibility index (Phi) is 11.2. The zero-order valence-corrected chi connectivity index (χ0v) is 19.1. The van der Waals surface area contributed by atoms with Gasteiger partial charge in [-0.1, -0.05) is 42.8 Å². The van der Waals surface area contributed by atoms with Gasteiger partial charge in [0.25, 0.3) is 0 Å². The third-order valence-corrected chi connectivity index (χ3v) is 5.29. The van der Waals surface area contributed by atoms with E-state index in [2.05, 4.69) is 76.5 Å². The summed E-state index contributed by atoms with van der Waals surface area (Å²) in [5.41, 5.74) is 7.23. The van der Waals surface area contributed by atoms with Crippen LogP contribution < -0.4 is 0 Å². The Hall–Kier alpha value is -1.73. The van der Waals surface area contributed by atoms with Crippen LogP contribution in [0.2, 0.25) is 0 Å². The summed E-state index contributed by atoms with van der Waals surface area (Å²) in [5, 5.41) is 0. The molecular weight excluding hydrogens is 387 g/mol. The smallest absolute Gasteiger partial charge is 0.358 e. The fraction of sp³-hybridized carbons (Fsp3) is 0.360. The molecule has 0 amide bonds. The van der Waals surface area contributed by atoms with Crippen molar-refractivity contribution in [3.8, 4) is 0 Å². The molecule has 154 valence electrons.